The normalized spacial score (nSPS) is 19.7. The van der Waals surface area contributed by atoms with Crippen molar-refractivity contribution in [1.82, 2.24) is 4.90 Å². The van der Waals surface area contributed by atoms with Crippen molar-refractivity contribution in [3.05, 3.63) is 27.3 Å². The fourth-order valence-electron chi connectivity index (χ4n) is 2.68. The molecule has 0 spiro atoms. The summed E-state index contributed by atoms with van der Waals surface area (Å²) in [5, 5.41) is 11.4. The number of hydrogen-bond acceptors (Lipinski definition) is 7. The Morgan fingerprint density at radius 1 is 1.41 bits per heavy atom. The number of carbonyl (C=O) groups excluding carboxylic acids is 3. The van der Waals surface area contributed by atoms with Crippen molar-refractivity contribution >= 4 is 23.8 Å². The summed E-state index contributed by atoms with van der Waals surface area (Å²) in [7, 11) is 1.30. The van der Waals surface area contributed by atoms with Gasteiger partial charge in [0, 0.05) is 19.5 Å². The molecule has 0 N–H and O–H groups in total. The van der Waals surface area contributed by atoms with E-state index in [1.165, 1.54) is 13.1 Å². The van der Waals surface area contributed by atoms with Crippen molar-refractivity contribution in [1.29, 1.82) is 0 Å². The van der Waals surface area contributed by atoms with E-state index in [-0.39, 0.29) is 35.8 Å². The van der Waals surface area contributed by atoms with Gasteiger partial charge in [0.25, 0.3) is 5.69 Å². The van der Waals surface area contributed by atoms with E-state index in [4.69, 9.17) is 9.47 Å². The predicted octanol–water partition coefficient (Wildman–Crippen LogP) is 0.608. The van der Waals surface area contributed by atoms with Crippen LogP contribution in [0.3, 0.4) is 0 Å². The van der Waals surface area contributed by atoms with Crippen molar-refractivity contribution in [2.45, 2.75) is 12.3 Å². The number of aldehydes is 1. The fourth-order valence-corrected chi connectivity index (χ4v) is 2.68. The maximum Gasteiger partial charge on any atom is 0.287 e. The van der Waals surface area contributed by atoms with E-state index in [2.05, 4.69) is 0 Å². The standard InChI is InChI=1S/C13H10N2O7/c1-14-9(17)3-7(13(14)18)10-11(15(19)20)6(4-16)2-8-12(10)22-5-21-8/h2,4,7H,3,5H2,1H3. The second kappa shape index (κ2) is 4.79. The van der Waals surface area contributed by atoms with Crippen LogP contribution in [0.15, 0.2) is 6.07 Å². The molecule has 0 aliphatic carbocycles. The van der Waals surface area contributed by atoms with Crippen molar-refractivity contribution in [3.8, 4) is 11.5 Å². The lowest BCUT2D eigenvalue weighted by Crippen LogP contribution is -2.25. The zero-order chi connectivity index (χ0) is 16.0. The zero-order valence-electron chi connectivity index (χ0n) is 11.4. The summed E-state index contributed by atoms with van der Waals surface area (Å²) in [6.07, 6.45) is 0.100. The van der Waals surface area contributed by atoms with Crippen LogP contribution in [-0.4, -0.2) is 41.8 Å². The Balaban J connectivity index is 2.28. The number of amides is 2. The Morgan fingerprint density at radius 2 is 2.14 bits per heavy atom. The molecule has 1 saturated heterocycles. The van der Waals surface area contributed by atoms with E-state index < -0.39 is 28.3 Å². The maximum absolute atomic E-state index is 12.2. The van der Waals surface area contributed by atoms with Gasteiger partial charge in [-0.15, -0.1) is 0 Å². The van der Waals surface area contributed by atoms with E-state index >= 15 is 0 Å². The van der Waals surface area contributed by atoms with Gasteiger partial charge >= 0.3 is 0 Å². The van der Waals surface area contributed by atoms with Crippen LogP contribution >= 0.6 is 0 Å². The lowest BCUT2D eigenvalue weighted by Gasteiger charge is -2.13. The highest BCUT2D eigenvalue weighted by atomic mass is 16.7. The topological polar surface area (TPSA) is 116 Å². The highest BCUT2D eigenvalue weighted by Gasteiger charge is 2.45. The Bertz CT molecular complexity index is 728. The molecule has 1 unspecified atom stereocenters. The SMILES string of the molecule is CN1C(=O)CC(c2c3c(cc(C=O)c2[N+](=O)[O-])OCO3)C1=O. The molecular weight excluding hydrogens is 296 g/mol. The van der Waals surface area contributed by atoms with Gasteiger partial charge in [-0.1, -0.05) is 0 Å². The number of benzene rings is 1. The van der Waals surface area contributed by atoms with E-state index in [0.717, 1.165) is 4.90 Å². The third kappa shape index (κ3) is 1.82. The molecule has 1 atom stereocenters. The number of rotatable bonds is 3. The molecule has 2 amide bonds. The number of imide groups is 1. The van der Waals surface area contributed by atoms with Gasteiger partial charge in [0.05, 0.1) is 22.0 Å². The summed E-state index contributed by atoms with van der Waals surface area (Å²) < 4.78 is 10.4. The molecule has 2 heterocycles. The molecule has 2 aliphatic rings. The smallest absolute Gasteiger partial charge is 0.287 e. The molecule has 1 aromatic rings. The first-order valence-corrected chi connectivity index (χ1v) is 6.32. The van der Waals surface area contributed by atoms with Crippen molar-refractivity contribution in [2.75, 3.05) is 13.8 Å². The Morgan fingerprint density at radius 3 is 2.68 bits per heavy atom. The Labute approximate surface area is 123 Å². The summed E-state index contributed by atoms with van der Waals surface area (Å²) in [5.74, 6) is -1.90. The monoisotopic (exact) mass is 306 g/mol. The minimum atomic E-state index is -1.06. The average molecular weight is 306 g/mol. The van der Waals surface area contributed by atoms with E-state index in [1.54, 1.807) is 0 Å². The first kappa shape index (κ1) is 14.0. The quantitative estimate of drug-likeness (QED) is 0.347. The largest absolute Gasteiger partial charge is 0.454 e. The number of fused-ring (bicyclic) bond motifs is 1. The third-order valence-electron chi connectivity index (χ3n) is 3.74. The lowest BCUT2D eigenvalue weighted by molar-refractivity contribution is -0.385. The van der Waals surface area contributed by atoms with Crippen LogP contribution in [-0.2, 0) is 9.59 Å². The Hall–Kier alpha value is -2.97. The van der Waals surface area contributed by atoms with Gasteiger partial charge < -0.3 is 9.47 Å². The highest BCUT2D eigenvalue weighted by molar-refractivity contribution is 6.07. The first-order chi connectivity index (χ1) is 10.5. The molecule has 0 aromatic heterocycles. The van der Waals surface area contributed by atoms with Crippen molar-refractivity contribution in [2.24, 2.45) is 0 Å². The molecule has 114 valence electrons. The number of ether oxygens (including phenoxy) is 2. The van der Waals surface area contributed by atoms with Crippen LogP contribution < -0.4 is 9.47 Å². The van der Waals surface area contributed by atoms with Gasteiger partial charge in [-0.2, -0.15) is 0 Å². The number of hydrogen-bond donors (Lipinski definition) is 0. The summed E-state index contributed by atoms with van der Waals surface area (Å²) in [4.78, 5) is 46.6. The first-order valence-electron chi connectivity index (χ1n) is 6.32. The van der Waals surface area contributed by atoms with Crippen LogP contribution in [0.5, 0.6) is 11.5 Å². The lowest BCUT2D eigenvalue weighted by atomic mass is 9.92. The van der Waals surface area contributed by atoms with Crippen molar-refractivity contribution in [3.63, 3.8) is 0 Å². The molecule has 1 fully saturated rings. The van der Waals surface area contributed by atoms with Gasteiger partial charge in [0.15, 0.2) is 17.8 Å². The molecule has 0 radical (unpaired) electrons. The summed E-state index contributed by atoms with van der Waals surface area (Å²) in [6, 6.07) is 1.20. The predicted molar refractivity (Wildman–Crippen MR) is 69.7 cm³/mol. The van der Waals surface area contributed by atoms with Crippen LogP contribution in [0.2, 0.25) is 0 Å². The minimum absolute atomic E-state index is 0.0405. The average Bonchev–Trinajstić information content (AvgIpc) is 3.05. The molecular formula is C13H10N2O7. The molecule has 1 aromatic carbocycles. The molecule has 3 rings (SSSR count). The number of carbonyl (C=O) groups is 3. The van der Waals surface area contributed by atoms with Crippen molar-refractivity contribution < 1.29 is 28.8 Å². The van der Waals surface area contributed by atoms with Gasteiger partial charge in [0.2, 0.25) is 18.6 Å². The van der Waals surface area contributed by atoms with Crippen LogP contribution in [0.4, 0.5) is 5.69 Å². The fraction of sp³-hybridized carbons (Fsp3) is 0.308. The van der Waals surface area contributed by atoms with Gasteiger partial charge in [0.1, 0.15) is 0 Å². The number of nitrogens with zero attached hydrogens (tertiary/aromatic N) is 2. The van der Waals surface area contributed by atoms with Crippen LogP contribution in [0.25, 0.3) is 0 Å². The number of nitro groups is 1. The molecule has 0 bridgehead atoms. The van der Waals surface area contributed by atoms with E-state index in [0.29, 0.717) is 6.29 Å². The summed E-state index contributed by atoms with van der Waals surface area (Å²) in [5.41, 5.74) is -0.829. The van der Waals surface area contributed by atoms with E-state index in [9.17, 15) is 24.5 Å². The third-order valence-corrected chi connectivity index (χ3v) is 3.74. The maximum atomic E-state index is 12.2. The number of nitro benzene ring substituents is 1. The van der Waals surface area contributed by atoms with Gasteiger partial charge in [-0.25, -0.2) is 0 Å². The van der Waals surface area contributed by atoms with Gasteiger partial charge in [-0.3, -0.25) is 29.4 Å². The zero-order valence-corrected chi connectivity index (χ0v) is 11.4. The molecule has 9 nitrogen and oxygen atoms in total. The van der Waals surface area contributed by atoms with Crippen LogP contribution in [0.1, 0.15) is 28.3 Å². The highest BCUT2D eigenvalue weighted by Crippen LogP contribution is 2.48. The van der Waals surface area contributed by atoms with Crippen LogP contribution in [0, 0.1) is 10.1 Å². The molecule has 9 heteroatoms. The second-order valence-corrected chi connectivity index (χ2v) is 4.88. The summed E-state index contributed by atoms with van der Waals surface area (Å²) >= 11 is 0. The molecule has 0 saturated carbocycles. The minimum Gasteiger partial charge on any atom is -0.454 e. The van der Waals surface area contributed by atoms with Gasteiger partial charge in [-0.05, 0) is 0 Å². The summed E-state index contributed by atoms with van der Waals surface area (Å²) in [6.45, 7) is -0.174. The van der Waals surface area contributed by atoms with E-state index in [1.807, 2.05) is 0 Å². The number of likely N-dealkylation sites (tertiary alicyclic amines) is 1. The second-order valence-electron chi connectivity index (χ2n) is 4.88. The number of likely N-dealkylation sites (N-methyl/N-ethyl adjacent to an activating group) is 1. The molecule has 22 heavy (non-hydrogen) atoms. The Kier molecular flexibility index (Phi) is 3.05. The molecule has 2 aliphatic heterocycles.